The van der Waals surface area contributed by atoms with Gasteiger partial charge in [-0.05, 0) is 42.9 Å². The minimum absolute atomic E-state index is 0.0650. The summed E-state index contributed by atoms with van der Waals surface area (Å²) in [5, 5.41) is 0. The first-order chi connectivity index (χ1) is 11.3. The van der Waals surface area contributed by atoms with Gasteiger partial charge in [-0.1, -0.05) is 20.8 Å². The molecule has 0 spiro atoms. The smallest absolute Gasteiger partial charge is 0.248 e. The second-order valence-corrected chi connectivity index (χ2v) is 8.61. The van der Waals surface area contributed by atoms with Crippen molar-refractivity contribution in [3.63, 3.8) is 0 Å². The molecule has 24 heavy (non-hydrogen) atoms. The fourth-order valence-corrected chi connectivity index (χ4v) is 4.02. The van der Waals surface area contributed by atoms with Crippen LogP contribution < -0.4 is 0 Å². The lowest BCUT2D eigenvalue weighted by Crippen LogP contribution is -2.45. The Morgan fingerprint density at radius 2 is 1.29 bits per heavy atom. The van der Waals surface area contributed by atoms with E-state index in [0.717, 1.165) is 51.9 Å². The van der Waals surface area contributed by atoms with Crippen LogP contribution in [0, 0.1) is 17.3 Å². The molecule has 0 aliphatic carbocycles. The summed E-state index contributed by atoms with van der Waals surface area (Å²) in [7, 11) is 1.57. The van der Waals surface area contributed by atoms with Gasteiger partial charge in [-0.2, -0.15) is 0 Å². The minimum Gasteiger partial charge on any atom is -0.375 e. The quantitative estimate of drug-likeness (QED) is 0.791. The van der Waals surface area contributed by atoms with Crippen molar-refractivity contribution in [3.8, 4) is 0 Å². The molecule has 0 bridgehead atoms. The largest absolute Gasteiger partial charge is 0.375 e. The molecule has 0 radical (unpaired) electrons. The Kier molecular flexibility index (Phi) is 6.67. The van der Waals surface area contributed by atoms with Crippen LogP contribution in [0.25, 0.3) is 0 Å². The Bertz CT molecular complexity index is 428. The van der Waals surface area contributed by atoms with Gasteiger partial charge in [0, 0.05) is 39.7 Å². The van der Waals surface area contributed by atoms with Crippen molar-refractivity contribution in [2.75, 3.05) is 39.9 Å². The monoisotopic (exact) mass is 338 g/mol. The average Bonchev–Trinajstić information content (AvgIpc) is 2.54. The Morgan fingerprint density at radius 1 is 0.875 bits per heavy atom. The molecule has 0 aromatic heterocycles. The van der Waals surface area contributed by atoms with Gasteiger partial charge >= 0.3 is 0 Å². The SMILES string of the molecule is COCC(=O)N1CCC(C2CCN(C(=O)CC(C)(C)C)CC2)CC1. The predicted octanol–water partition coefficient (Wildman–Crippen LogP) is 2.55. The standard InChI is InChI=1S/C19H34N2O3/c1-19(2,3)13-17(22)20-9-5-15(6-10-20)16-7-11-21(12-8-16)18(23)14-24-4/h15-16H,5-14H2,1-4H3. The summed E-state index contributed by atoms with van der Waals surface area (Å²) >= 11 is 0. The Morgan fingerprint density at radius 3 is 1.67 bits per heavy atom. The Labute approximate surface area is 146 Å². The first-order valence-corrected chi connectivity index (χ1v) is 9.34. The number of carbonyl (C=O) groups excluding carboxylic acids is 2. The number of amides is 2. The van der Waals surface area contributed by atoms with Crippen LogP contribution in [0.4, 0.5) is 0 Å². The van der Waals surface area contributed by atoms with E-state index in [1.165, 1.54) is 0 Å². The van der Waals surface area contributed by atoms with Crippen molar-refractivity contribution in [1.82, 2.24) is 9.80 Å². The van der Waals surface area contributed by atoms with Gasteiger partial charge < -0.3 is 14.5 Å². The van der Waals surface area contributed by atoms with Gasteiger partial charge in [-0.25, -0.2) is 0 Å². The molecule has 2 heterocycles. The lowest BCUT2D eigenvalue weighted by Gasteiger charge is -2.40. The highest BCUT2D eigenvalue weighted by atomic mass is 16.5. The van der Waals surface area contributed by atoms with E-state index < -0.39 is 0 Å². The third-order valence-corrected chi connectivity index (χ3v) is 5.40. The van der Waals surface area contributed by atoms with Crippen LogP contribution in [0.2, 0.25) is 0 Å². The number of rotatable bonds is 4. The summed E-state index contributed by atoms with van der Waals surface area (Å²) in [5.74, 6) is 1.83. The maximum absolute atomic E-state index is 12.3. The van der Waals surface area contributed by atoms with E-state index in [4.69, 9.17) is 4.74 Å². The molecule has 138 valence electrons. The van der Waals surface area contributed by atoms with Crippen LogP contribution in [0.3, 0.4) is 0 Å². The summed E-state index contributed by atoms with van der Waals surface area (Å²) < 4.78 is 4.94. The second-order valence-electron chi connectivity index (χ2n) is 8.61. The molecule has 5 heteroatoms. The Balaban J connectivity index is 1.74. The minimum atomic E-state index is 0.0650. The van der Waals surface area contributed by atoms with E-state index in [-0.39, 0.29) is 17.9 Å². The van der Waals surface area contributed by atoms with Crippen LogP contribution in [-0.2, 0) is 14.3 Å². The molecule has 2 aliphatic rings. The fraction of sp³-hybridized carbons (Fsp3) is 0.895. The molecular formula is C19H34N2O3. The van der Waals surface area contributed by atoms with E-state index >= 15 is 0 Å². The van der Waals surface area contributed by atoms with Crippen molar-refractivity contribution in [1.29, 1.82) is 0 Å². The second kappa shape index (κ2) is 8.32. The van der Waals surface area contributed by atoms with Crippen molar-refractivity contribution in [2.24, 2.45) is 17.3 Å². The number of methoxy groups -OCH3 is 1. The molecule has 2 fully saturated rings. The zero-order valence-corrected chi connectivity index (χ0v) is 15.8. The first-order valence-electron chi connectivity index (χ1n) is 9.34. The van der Waals surface area contributed by atoms with Gasteiger partial charge in [-0.15, -0.1) is 0 Å². The average molecular weight is 338 g/mol. The highest BCUT2D eigenvalue weighted by Crippen LogP contribution is 2.33. The van der Waals surface area contributed by atoms with Crippen LogP contribution in [0.5, 0.6) is 0 Å². The molecule has 0 aromatic carbocycles. The molecule has 2 rings (SSSR count). The van der Waals surface area contributed by atoms with Gasteiger partial charge in [0.1, 0.15) is 6.61 Å². The summed E-state index contributed by atoms with van der Waals surface area (Å²) in [6.45, 7) is 10.1. The van der Waals surface area contributed by atoms with Crippen molar-refractivity contribution in [2.45, 2.75) is 52.9 Å². The van der Waals surface area contributed by atoms with Crippen LogP contribution in [0.15, 0.2) is 0 Å². The number of carbonyl (C=O) groups is 2. The summed E-state index contributed by atoms with van der Waals surface area (Å²) in [5.41, 5.74) is 0.0650. The molecule has 0 aromatic rings. The van der Waals surface area contributed by atoms with E-state index in [2.05, 4.69) is 25.7 Å². The lowest BCUT2D eigenvalue weighted by molar-refractivity contribution is -0.138. The fourth-order valence-electron chi connectivity index (χ4n) is 4.02. The number of ether oxygens (including phenoxy) is 1. The first kappa shape index (κ1) is 19.2. The normalized spacial score (nSPS) is 21.2. The van der Waals surface area contributed by atoms with E-state index in [9.17, 15) is 9.59 Å². The predicted molar refractivity (Wildman–Crippen MR) is 94.6 cm³/mol. The Hall–Kier alpha value is -1.10. The molecular weight excluding hydrogens is 304 g/mol. The third kappa shape index (κ3) is 5.47. The zero-order chi connectivity index (χ0) is 17.7. The third-order valence-electron chi connectivity index (χ3n) is 5.40. The molecule has 0 N–H and O–H groups in total. The number of likely N-dealkylation sites (tertiary alicyclic amines) is 2. The zero-order valence-electron chi connectivity index (χ0n) is 15.8. The van der Waals surface area contributed by atoms with Crippen molar-refractivity contribution < 1.29 is 14.3 Å². The van der Waals surface area contributed by atoms with Crippen molar-refractivity contribution >= 4 is 11.8 Å². The number of hydrogen-bond acceptors (Lipinski definition) is 3. The van der Waals surface area contributed by atoms with Crippen LogP contribution >= 0.6 is 0 Å². The van der Waals surface area contributed by atoms with Crippen LogP contribution in [0.1, 0.15) is 52.9 Å². The van der Waals surface area contributed by atoms with Crippen LogP contribution in [-0.4, -0.2) is 61.5 Å². The molecule has 2 saturated heterocycles. The summed E-state index contributed by atoms with van der Waals surface area (Å²) in [6, 6.07) is 0. The van der Waals surface area contributed by atoms with Gasteiger partial charge in [0.15, 0.2) is 0 Å². The van der Waals surface area contributed by atoms with E-state index in [1.807, 2.05) is 4.90 Å². The molecule has 0 atom stereocenters. The summed E-state index contributed by atoms with van der Waals surface area (Å²) in [6.07, 6.45) is 5.06. The maximum atomic E-state index is 12.3. The molecule has 5 nitrogen and oxygen atoms in total. The highest BCUT2D eigenvalue weighted by Gasteiger charge is 2.32. The van der Waals surface area contributed by atoms with Crippen molar-refractivity contribution in [3.05, 3.63) is 0 Å². The van der Waals surface area contributed by atoms with Gasteiger partial charge in [0.2, 0.25) is 11.8 Å². The number of piperidine rings is 2. The highest BCUT2D eigenvalue weighted by molar-refractivity contribution is 5.77. The summed E-state index contributed by atoms with van der Waals surface area (Å²) in [4.78, 5) is 28.2. The number of hydrogen-bond donors (Lipinski definition) is 0. The van der Waals surface area contributed by atoms with E-state index in [1.54, 1.807) is 7.11 Å². The maximum Gasteiger partial charge on any atom is 0.248 e. The lowest BCUT2D eigenvalue weighted by atomic mass is 9.78. The number of nitrogens with zero attached hydrogens (tertiary/aromatic N) is 2. The van der Waals surface area contributed by atoms with E-state index in [0.29, 0.717) is 24.2 Å². The van der Waals surface area contributed by atoms with Gasteiger partial charge in [0.05, 0.1) is 0 Å². The van der Waals surface area contributed by atoms with Gasteiger partial charge in [-0.3, -0.25) is 9.59 Å². The topological polar surface area (TPSA) is 49.9 Å². The molecule has 2 aliphatic heterocycles. The molecule has 2 amide bonds. The van der Waals surface area contributed by atoms with Gasteiger partial charge in [0.25, 0.3) is 0 Å². The molecule has 0 unspecified atom stereocenters. The molecule has 0 saturated carbocycles.